The molecule has 96 valence electrons. The van der Waals surface area contributed by atoms with Crippen molar-refractivity contribution >= 4 is 16.8 Å². The number of nitrogen functional groups attached to an aromatic ring is 1. The third kappa shape index (κ3) is 1.94. The van der Waals surface area contributed by atoms with Gasteiger partial charge < -0.3 is 20.4 Å². The summed E-state index contributed by atoms with van der Waals surface area (Å²) >= 11 is 0. The maximum absolute atomic E-state index is 9.47. The van der Waals surface area contributed by atoms with E-state index in [4.69, 9.17) is 10.2 Å². The van der Waals surface area contributed by atoms with Crippen molar-refractivity contribution in [1.82, 2.24) is 9.88 Å². The first-order chi connectivity index (χ1) is 8.63. The number of anilines is 1. The first-order valence-corrected chi connectivity index (χ1v) is 5.86. The van der Waals surface area contributed by atoms with E-state index in [0.717, 1.165) is 0 Å². The molecular formula is C12H15N3O3. The second-order valence-corrected chi connectivity index (χ2v) is 4.63. The fraction of sp³-hybridized carbons (Fsp3) is 0.417. The maximum Gasteiger partial charge on any atom is 0.209 e. The highest BCUT2D eigenvalue weighted by atomic mass is 16.4. The first kappa shape index (κ1) is 11.5. The molecule has 2 atom stereocenters. The third-order valence-electron chi connectivity index (χ3n) is 3.19. The highest BCUT2D eigenvalue weighted by Gasteiger charge is 2.30. The van der Waals surface area contributed by atoms with Crippen LogP contribution in [0.3, 0.4) is 0 Å². The zero-order valence-electron chi connectivity index (χ0n) is 9.78. The number of aromatic nitrogens is 1. The molecule has 1 aliphatic heterocycles. The molecule has 1 aromatic carbocycles. The normalized spacial score (nSPS) is 25.0. The van der Waals surface area contributed by atoms with Crippen molar-refractivity contribution in [2.45, 2.75) is 18.8 Å². The van der Waals surface area contributed by atoms with Crippen LogP contribution in [0.2, 0.25) is 0 Å². The molecule has 0 spiro atoms. The molecule has 6 nitrogen and oxygen atoms in total. The van der Waals surface area contributed by atoms with E-state index < -0.39 is 12.2 Å². The van der Waals surface area contributed by atoms with Crippen LogP contribution in [0, 0.1) is 0 Å². The Hall–Kier alpha value is -1.63. The Morgan fingerprint density at radius 3 is 2.72 bits per heavy atom. The van der Waals surface area contributed by atoms with Crippen molar-refractivity contribution in [3.05, 3.63) is 24.1 Å². The van der Waals surface area contributed by atoms with Gasteiger partial charge in [0, 0.05) is 13.1 Å². The largest absolute Gasteiger partial charge is 0.439 e. The second kappa shape index (κ2) is 4.24. The van der Waals surface area contributed by atoms with E-state index in [1.54, 1.807) is 6.07 Å². The quantitative estimate of drug-likeness (QED) is 0.646. The molecule has 3 rings (SSSR count). The lowest BCUT2D eigenvalue weighted by Gasteiger charge is -2.10. The van der Waals surface area contributed by atoms with Crippen molar-refractivity contribution in [1.29, 1.82) is 0 Å². The summed E-state index contributed by atoms with van der Waals surface area (Å²) in [6.45, 7) is 1.31. The molecule has 1 fully saturated rings. The van der Waals surface area contributed by atoms with Crippen molar-refractivity contribution < 1.29 is 14.6 Å². The molecule has 0 saturated carbocycles. The van der Waals surface area contributed by atoms with Gasteiger partial charge in [0.1, 0.15) is 5.52 Å². The van der Waals surface area contributed by atoms with E-state index in [2.05, 4.69) is 4.98 Å². The number of hydrogen-bond acceptors (Lipinski definition) is 6. The number of nitrogens with two attached hydrogens (primary N) is 1. The van der Waals surface area contributed by atoms with Gasteiger partial charge in [-0.1, -0.05) is 6.07 Å². The lowest BCUT2D eigenvalue weighted by atomic mass is 10.3. The summed E-state index contributed by atoms with van der Waals surface area (Å²) in [5.74, 6) is 0.546. The molecule has 18 heavy (non-hydrogen) atoms. The molecule has 1 aromatic heterocycles. The Labute approximate surface area is 104 Å². The molecule has 0 radical (unpaired) electrons. The number of β-amino-alcohol motifs (C(OH)–C–C–N with tert-alkyl or cyclic N) is 2. The van der Waals surface area contributed by atoms with Crippen molar-refractivity contribution in [3.63, 3.8) is 0 Å². The second-order valence-electron chi connectivity index (χ2n) is 4.63. The Bertz CT molecular complexity index is 559. The van der Waals surface area contributed by atoms with Crippen molar-refractivity contribution in [2.24, 2.45) is 0 Å². The predicted molar refractivity (Wildman–Crippen MR) is 65.7 cm³/mol. The van der Waals surface area contributed by atoms with Crippen LogP contribution in [-0.2, 0) is 6.54 Å². The SMILES string of the molecule is Nc1cccc2oc(CN3CC(O)C(O)C3)nc12. The number of hydrogen-bond donors (Lipinski definition) is 3. The van der Waals surface area contributed by atoms with Crippen LogP contribution in [0.15, 0.2) is 22.6 Å². The Morgan fingerprint density at radius 2 is 2.06 bits per heavy atom. The van der Waals surface area contributed by atoms with E-state index >= 15 is 0 Å². The number of aliphatic hydroxyl groups is 2. The van der Waals surface area contributed by atoms with Crippen LogP contribution in [-0.4, -0.2) is 45.4 Å². The van der Waals surface area contributed by atoms with E-state index in [1.807, 2.05) is 17.0 Å². The van der Waals surface area contributed by atoms with Crippen LogP contribution in [0.5, 0.6) is 0 Å². The van der Waals surface area contributed by atoms with Crippen LogP contribution in [0.1, 0.15) is 5.89 Å². The summed E-state index contributed by atoms with van der Waals surface area (Å²) < 4.78 is 5.59. The maximum atomic E-state index is 9.47. The molecule has 1 aliphatic rings. The summed E-state index contributed by atoms with van der Waals surface area (Å²) in [6, 6.07) is 5.41. The van der Waals surface area contributed by atoms with E-state index in [9.17, 15) is 10.2 Å². The fourth-order valence-electron chi connectivity index (χ4n) is 2.25. The van der Waals surface area contributed by atoms with Crippen molar-refractivity contribution in [2.75, 3.05) is 18.8 Å². The van der Waals surface area contributed by atoms with Gasteiger partial charge in [-0.15, -0.1) is 0 Å². The smallest absolute Gasteiger partial charge is 0.209 e. The van der Waals surface area contributed by atoms with E-state index in [1.165, 1.54) is 0 Å². The monoisotopic (exact) mass is 249 g/mol. The van der Waals surface area contributed by atoms with E-state index in [-0.39, 0.29) is 0 Å². The van der Waals surface area contributed by atoms with Gasteiger partial charge in [-0.2, -0.15) is 0 Å². The molecule has 0 aliphatic carbocycles. The van der Waals surface area contributed by atoms with Crippen LogP contribution < -0.4 is 5.73 Å². The van der Waals surface area contributed by atoms with Crippen LogP contribution >= 0.6 is 0 Å². The number of rotatable bonds is 2. The highest BCUT2D eigenvalue weighted by molar-refractivity contribution is 5.85. The van der Waals surface area contributed by atoms with Gasteiger partial charge in [0.05, 0.1) is 24.4 Å². The zero-order chi connectivity index (χ0) is 12.7. The zero-order valence-corrected chi connectivity index (χ0v) is 9.78. The van der Waals surface area contributed by atoms with Gasteiger partial charge in [-0.3, -0.25) is 4.90 Å². The molecule has 2 aromatic rings. The standard InChI is InChI=1S/C12H15N3O3/c13-7-2-1-3-10-12(7)14-11(18-10)6-15-4-8(16)9(17)5-15/h1-3,8-9,16-17H,4-6,13H2. The number of benzene rings is 1. The minimum absolute atomic E-state index is 0.426. The molecule has 1 saturated heterocycles. The Kier molecular flexibility index (Phi) is 2.70. The summed E-state index contributed by atoms with van der Waals surface area (Å²) in [6.07, 6.45) is -1.39. The number of fused-ring (bicyclic) bond motifs is 1. The molecular weight excluding hydrogens is 234 g/mol. The highest BCUT2D eigenvalue weighted by Crippen LogP contribution is 2.22. The Morgan fingerprint density at radius 1 is 1.33 bits per heavy atom. The van der Waals surface area contributed by atoms with Gasteiger partial charge in [0.2, 0.25) is 5.89 Å². The summed E-state index contributed by atoms with van der Waals surface area (Å²) in [7, 11) is 0. The molecule has 0 bridgehead atoms. The fourth-order valence-corrected chi connectivity index (χ4v) is 2.25. The molecule has 0 amide bonds. The molecule has 6 heteroatoms. The lowest BCUT2D eigenvalue weighted by Crippen LogP contribution is -2.22. The van der Waals surface area contributed by atoms with Crippen molar-refractivity contribution in [3.8, 4) is 0 Å². The van der Waals surface area contributed by atoms with Gasteiger partial charge in [0.25, 0.3) is 0 Å². The minimum atomic E-state index is -0.695. The number of para-hydroxylation sites is 1. The number of likely N-dealkylation sites (tertiary alicyclic amines) is 1. The first-order valence-electron chi connectivity index (χ1n) is 5.86. The van der Waals surface area contributed by atoms with Gasteiger partial charge in [0.15, 0.2) is 5.58 Å². The summed E-state index contributed by atoms with van der Waals surface area (Å²) in [4.78, 5) is 6.23. The summed E-state index contributed by atoms with van der Waals surface area (Å²) in [5, 5.41) is 18.9. The number of nitrogens with zero attached hydrogens (tertiary/aromatic N) is 2. The molecule has 4 N–H and O–H groups in total. The minimum Gasteiger partial charge on any atom is -0.439 e. The Balaban J connectivity index is 1.81. The number of aliphatic hydroxyl groups excluding tert-OH is 2. The third-order valence-corrected chi connectivity index (χ3v) is 3.19. The predicted octanol–water partition coefficient (Wildman–Crippen LogP) is -0.0526. The number of oxazole rings is 1. The average Bonchev–Trinajstić information content (AvgIpc) is 2.85. The van der Waals surface area contributed by atoms with Crippen LogP contribution in [0.25, 0.3) is 11.1 Å². The topological polar surface area (TPSA) is 95.8 Å². The van der Waals surface area contributed by atoms with E-state index in [0.29, 0.717) is 42.3 Å². The van der Waals surface area contributed by atoms with Gasteiger partial charge in [-0.25, -0.2) is 4.98 Å². The lowest BCUT2D eigenvalue weighted by molar-refractivity contribution is 0.0572. The summed E-state index contributed by atoms with van der Waals surface area (Å²) in [5.41, 5.74) is 7.71. The average molecular weight is 249 g/mol. The molecule has 2 heterocycles. The van der Waals surface area contributed by atoms with Crippen LogP contribution in [0.4, 0.5) is 5.69 Å². The molecule has 2 unspecified atom stereocenters. The van der Waals surface area contributed by atoms with Gasteiger partial charge >= 0.3 is 0 Å². The van der Waals surface area contributed by atoms with Gasteiger partial charge in [-0.05, 0) is 12.1 Å².